The fourth-order valence-corrected chi connectivity index (χ4v) is 16.9. The molecule has 0 unspecified atom stereocenters. The van der Waals surface area contributed by atoms with Crippen molar-refractivity contribution in [1.82, 2.24) is 29.9 Å². The quantitative estimate of drug-likeness (QED) is 0.0136. The summed E-state index contributed by atoms with van der Waals surface area (Å²) in [4.78, 5) is 31.2. The molecule has 0 aliphatic rings. The molecule has 3 aromatic heterocycles. The van der Waals surface area contributed by atoms with E-state index in [1.54, 1.807) is 19.6 Å². The first-order chi connectivity index (χ1) is 42.3. The van der Waals surface area contributed by atoms with Crippen molar-refractivity contribution in [1.29, 1.82) is 0 Å². The number of aldehydes is 1. The summed E-state index contributed by atoms with van der Waals surface area (Å²) in [6.45, 7) is 55.5. The van der Waals surface area contributed by atoms with Gasteiger partial charge in [0.15, 0.2) is 39.6 Å². The molecule has 0 saturated carbocycles. The van der Waals surface area contributed by atoms with Crippen LogP contribution in [0.2, 0.25) is 72.5 Å². The number of nitrogens with zero attached hydrogens (tertiary/aromatic N) is 3. The minimum Gasteiger partial charge on any atom is -1.00 e. The summed E-state index contributed by atoms with van der Waals surface area (Å²) in [5.74, 6) is 0. The van der Waals surface area contributed by atoms with Gasteiger partial charge in [0.1, 0.15) is 28.9 Å². The molecular formula is C72H124Br3N6O6PSi4. The Balaban J connectivity index is 0.00000117. The summed E-state index contributed by atoms with van der Waals surface area (Å²) >= 11 is 6.55. The number of halogens is 3. The van der Waals surface area contributed by atoms with E-state index in [0.717, 1.165) is 112 Å². The number of alkyl halides is 2. The van der Waals surface area contributed by atoms with E-state index in [2.05, 4.69) is 307 Å². The van der Waals surface area contributed by atoms with Crippen LogP contribution >= 0.6 is 39.1 Å². The lowest BCUT2D eigenvalue weighted by Crippen LogP contribution is -3.00. The van der Waals surface area contributed by atoms with Gasteiger partial charge in [-0.25, -0.2) is 15.0 Å². The minimum atomic E-state index is -1.74. The fraction of sp³-hybridized carbons (Fsp3) is 0.583. The molecular weight excluding hydrogens is 1430 g/mol. The topological polar surface area (TPSA) is 160 Å². The molecule has 0 fully saturated rings. The number of H-pyrrole nitrogens is 3. The molecule has 12 nitrogen and oxygen atoms in total. The van der Waals surface area contributed by atoms with Crippen LogP contribution in [0.3, 0.4) is 0 Å². The van der Waals surface area contributed by atoms with E-state index in [-0.39, 0.29) is 27.1 Å². The molecule has 3 aromatic carbocycles. The Morgan fingerprint density at radius 2 is 0.826 bits per heavy atom. The third kappa shape index (κ3) is 32.1. The van der Waals surface area contributed by atoms with Crippen LogP contribution in [0.4, 0.5) is 0 Å². The SMILES string of the molecule is CC(C)(C)[Si](C)(C)OCCCBr.CC(C)(C)[Si](C)(C)OCCC[P+](c1ccccc1)(c1ccccc1)c1ccccc1.Cc1[nH]cnc1C=CCCO[Si](C)(C)C(C)(C)C.Cc1[nH]cnc1C=O.Cc1[nH]cnc1CCCCO[Si](C)(C)C(C)(C)C.OCCCBr.[Br-]. The van der Waals surface area contributed by atoms with Crippen molar-refractivity contribution in [3.63, 3.8) is 0 Å². The Morgan fingerprint density at radius 3 is 1.13 bits per heavy atom. The van der Waals surface area contributed by atoms with E-state index in [1.807, 2.05) is 6.92 Å². The number of aliphatic hydroxyl groups is 1. The number of hydrogen-bond acceptors (Lipinski definition) is 9. The summed E-state index contributed by atoms with van der Waals surface area (Å²) < 4.78 is 24.8. The Bertz CT molecular complexity index is 2780. The fourth-order valence-electron chi connectivity index (χ4n) is 7.78. The van der Waals surface area contributed by atoms with Crippen molar-refractivity contribution >= 4 is 101 Å². The van der Waals surface area contributed by atoms with Gasteiger partial charge < -0.3 is 54.7 Å². The van der Waals surface area contributed by atoms with Crippen LogP contribution < -0.4 is 32.9 Å². The number of aromatic nitrogens is 6. The number of imidazole rings is 3. The molecule has 0 aliphatic carbocycles. The Labute approximate surface area is 592 Å². The number of carbonyl (C=O) groups is 1. The van der Waals surface area contributed by atoms with Gasteiger partial charge in [-0.1, -0.05) is 176 Å². The van der Waals surface area contributed by atoms with E-state index in [4.69, 9.17) is 22.8 Å². The number of aliphatic hydroxyl groups excluding tert-OH is 1. The molecule has 0 spiro atoms. The van der Waals surface area contributed by atoms with E-state index in [0.29, 0.717) is 22.4 Å². The number of hydrogen-bond donors (Lipinski definition) is 4. The van der Waals surface area contributed by atoms with Gasteiger partial charge in [-0.2, -0.15) is 0 Å². The van der Waals surface area contributed by atoms with Crippen molar-refractivity contribution < 1.29 is 44.6 Å². The lowest BCUT2D eigenvalue weighted by Gasteiger charge is -2.36. The second-order valence-electron chi connectivity index (χ2n) is 29.2. The summed E-state index contributed by atoms with van der Waals surface area (Å²) in [5.41, 5.74) is 5.83. The lowest BCUT2D eigenvalue weighted by atomic mass is 10.2. The van der Waals surface area contributed by atoms with Crippen molar-refractivity contribution in [3.8, 4) is 0 Å². The third-order valence-electron chi connectivity index (χ3n) is 18.0. The van der Waals surface area contributed by atoms with E-state index >= 15 is 0 Å². The molecule has 0 atom stereocenters. The van der Waals surface area contributed by atoms with Gasteiger partial charge in [-0.05, 0) is 174 Å². The summed E-state index contributed by atoms with van der Waals surface area (Å²) in [6.07, 6.45) is 18.4. The van der Waals surface area contributed by atoms with Gasteiger partial charge in [-0.15, -0.1) is 0 Å². The number of aromatic amines is 3. The van der Waals surface area contributed by atoms with Gasteiger partial charge in [0.2, 0.25) is 0 Å². The smallest absolute Gasteiger partial charge is 0.191 e. The van der Waals surface area contributed by atoms with Crippen LogP contribution in [0, 0.1) is 20.8 Å². The van der Waals surface area contributed by atoms with Gasteiger partial charge in [0, 0.05) is 67.2 Å². The summed E-state index contributed by atoms with van der Waals surface area (Å²) in [5, 5.41) is 15.5. The molecule has 0 bridgehead atoms. The molecule has 0 radical (unpaired) electrons. The van der Waals surface area contributed by atoms with Gasteiger partial charge in [0.25, 0.3) is 0 Å². The molecule has 20 heteroatoms. The maximum Gasteiger partial charge on any atom is 0.191 e. The van der Waals surface area contributed by atoms with Crippen LogP contribution in [0.25, 0.3) is 6.08 Å². The Morgan fingerprint density at radius 1 is 0.478 bits per heavy atom. The average molecular weight is 1550 g/mol. The molecule has 4 N–H and O–H groups in total. The normalized spacial score (nSPS) is 12.3. The van der Waals surface area contributed by atoms with Crippen molar-refractivity contribution in [2.75, 3.05) is 49.9 Å². The first-order valence-electron chi connectivity index (χ1n) is 32.8. The number of rotatable bonds is 26. The molecule has 3 heterocycles. The van der Waals surface area contributed by atoms with Crippen LogP contribution in [-0.4, -0.2) is 124 Å². The van der Waals surface area contributed by atoms with Crippen LogP contribution in [0.1, 0.15) is 161 Å². The number of carbonyl (C=O) groups excluding carboxylic acids is 1. The maximum absolute atomic E-state index is 10.0. The number of aryl methyl sites for hydroxylation is 4. The van der Waals surface area contributed by atoms with Crippen LogP contribution in [0.15, 0.2) is 116 Å². The molecule has 6 aromatic rings. The lowest BCUT2D eigenvalue weighted by molar-refractivity contribution is -0.0000310. The molecule has 6 rings (SSSR count). The minimum absolute atomic E-state index is 0. The van der Waals surface area contributed by atoms with Gasteiger partial charge in [0.05, 0.1) is 36.5 Å². The van der Waals surface area contributed by atoms with E-state index in [9.17, 15) is 4.79 Å². The monoisotopic (exact) mass is 1550 g/mol. The molecule has 92 heavy (non-hydrogen) atoms. The van der Waals surface area contributed by atoms with Crippen molar-refractivity contribution in [2.24, 2.45) is 0 Å². The zero-order valence-electron chi connectivity index (χ0n) is 61.1. The Hall–Kier alpha value is -2.76. The molecule has 520 valence electrons. The predicted molar refractivity (Wildman–Crippen MR) is 413 cm³/mol. The highest BCUT2D eigenvalue weighted by molar-refractivity contribution is 9.09. The Kier molecular flexibility index (Phi) is 42.2. The first-order valence-corrected chi connectivity index (χ1v) is 48.6. The maximum atomic E-state index is 10.0. The summed E-state index contributed by atoms with van der Waals surface area (Å²) in [6, 6.07) is 33.4. The average Bonchev–Trinajstić information content (AvgIpc) is 1.34. The van der Waals surface area contributed by atoms with Crippen molar-refractivity contribution in [2.45, 2.75) is 221 Å². The van der Waals surface area contributed by atoms with Gasteiger partial charge in [-0.3, -0.25) is 4.79 Å². The second-order valence-corrected chi connectivity index (χ2v) is 53.6. The number of benzene rings is 3. The van der Waals surface area contributed by atoms with E-state index in [1.165, 1.54) is 33.6 Å². The highest BCUT2D eigenvalue weighted by atomic mass is 79.9. The van der Waals surface area contributed by atoms with Crippen molar-refractivity contribution in [3.05, 3.63) is 150 Å². The van der Waals surface area contributed by atoms with Crippen LogP contribution in [-0.2, 0) is 24.1 Å². The zero-order valence-corrected chi connectivity index (χ0v) is 70.8. The molecule has 0 saturated heterocycles. The largest absolute Gasteiger partial charge is 1.00 e. The first kappa shape index (κ1) is 89.2. The molecule has 0 amide bonds. The second kappa shape index (κ2) is 43.5. The highest BCUT2D eigenvalue weighted by Crippen LogP contribution is 2.56. The van der Waals surface area contributed by atoms with Gasteiger partial charge >= 0.3 is 0 Å². The third-order valence-corrected chi connectivity index (χ3v) is 41.8. The molecule has 0 aliphatic heterocycles. The highest BCUT2D eigenvalue weighted by Gasteiger charge is 2.45. The number of nitrogens with one attached hydrogen (secondary N) is 3. The van der Waals surface area contributed by atoms with Crippen LogP contribution in [0.5, 0.6) is 0 Å². The predicted octanol–water partition coefficient (Wildman–Crippen LogP) is 16.7. The summed E-state index contributed by atoms with van der Waals surface area (Å²) in [7, 11) is -8.07. The number of unbranched alkanes of at least 4 members (excludes halogenated alkanes) is 1. The standard InChI is InChI=1S/C27H36OPSi.C14H28N2OSi.C14H26N2OSi.C9H21BrOSi.C5H6N2O.C3H7BrO.BrH/c1-27(2,3)30(4,5)28-22-15-23-29(24-16-9-6-10-17-24,25-18-11-7-12-19-25)26-20-13-8-14-21-26;2*1-12-13(16-11-15-12)9-7-8-10-17-18(5,6)14(2,3)4;1-9(2,3)12(4,5)11-8-6-7-10;1-4-5(2-8)7-3-6-4;4-2-1-3-5;/h6-14,16-21H,15,22-23H2,1-5H3;11H,7-10H2,1-6H3,(H,15,16);7,9,11H,8,10H2,1-6H3,(H,15,16);6-8H2,1-5H3;2-3H,1H3,(H,6,7);5H,1-3H2;1H/q+1;;;;;;/p-1. The van der Waals surface area contributed by atoms with E-state index < -0.39 is 40.5 Å². The zero-order chi connectivity index (χ0) is 69.2.